The minimum Gasteiger partial charge on any atom is -0.493 e. The number of ether oxygens (including phenoxy) is 4. The standard InChI is InChI=1S/C28H29BrN2O6S/c1-6-35-20-11-9-17(13-19(20)29)14-23-26(32)31-25(18-10-12-21(34-5)22(15-18)36-7-2)24(27(33)37-8-3)16(4)30-28(31)38-23/h9-15,25H,6-8H2,1-5H3/b23-14-/t25-/m0/s1. The Morgan fingerprint density at radius 1 is 1.05 bits per heavy atom. The van der Waals surface area contributed by atoms with E-state index in [9.17, 15) is 9.59 Å². The molecule has 4 rings (SSSR count). The Kier molecular flexibility index (Phi) is 8.73. The van der Waals surface area contributed by atoms with Gasteiger partial charge in [0, 0.05) is 0 Å². The zero-order valence-electron chi connectivity index (χ0n) is 21.9. The van der Waals surface area contributed by atoms with Gasteiger partial charge in [-0.2, -0.15) is 0 Å². The van der Waals surface area contributed by atoms with Crippen LogP contribution in [0.5, 0.6) is 17.2 Å². The highest BCUT2D eigenvalue weighted by Gasteiger charge is 2.34. The van der Waals surface area contributed by atoms with E-state index in [1.807, 2.05) is 44.2 Å². The van der Waals surface area contributed by atoms with Crippen LogP contribution in [0.2, 0.25) is 0 Å². The molecule has 0 saturated heterocycles. The molecule has 0 fully saturated rings. The van der Waals surface area contributed by atoms with Gasteiger partial charge in [0.15, 0.2) is 16.3 Å². The van der Waals surface area contributed by atoms with Crippen molar-refractivity contribution in [3.05, 3.63) is 83.0 Å². The van der Waals surface area contributed by atoms with E-state index in [2.05, 4.69) is 20.9 Å². The number of nitrogens with zero attached hydrogens (tertiary/aromatic N) is 2. The summed E-state index contributed by atoms with van der Waals surface area (Å²) in [7, 11) is 1.56. The molecule has 1 atom stereocenters. The van der Waals surface area contributed by atoms with Crippen molar-refractivity contribution in [1.29, 1.82) is 0 Å². The molecule has 0 bridgehead atoms. The smallest absolute Gasteiger partial charge is 0.338 e. The van der Waals surface area contributed by atoms with Crippen LogP contribution in [0.4, 0.5) is 0 Å². The lowest BCUT2D eigenvalue weighted by molar-refractivity contribution is -0.139. The summed E-state index contributed by atoms with van der Waals surface area (Å²) in [6, 6.07) is 10.3. The molecule has 0 amide bonds. The SMILES string of the molecule is CCOC(=O)C1=C(C)N=c2s/c(=C\c3ccc(OCC)c(Br)c3)c(=O)n2[C@H]1c1ccc(OC)c(OCC)c1. The molecule has 0 radical (unpaired) electrons. The van der Waals surface area contributed by atoms with Crippen molar-refractivity contribution < 1.29 is 23.7 Å². The van der Waals surface area contributed by atoms with Crippen LogP contribution in [0.1, 0.15) is 44.9 Å². The number of esters is 1. The number of carbonyl (C=O) groups is 1. The average Bonchev–Trinajstić information content (AvgIpc) is 3.19. The first kappa shape index (κ1) is 27.7. The molecule has 2 heterocycles. The fourth-order valence-corrected chi connectivity index (χ4v) is 5.83. The van der Waals surface area contributed by atoms with Gasteiger partial charge in [0.25, 0.3) is 5.56 Å². The van der Waals surface area contributed by atoms with Crippen molar-refractivity contribution in [2.24, 2.45) is 4.99 Å². The third kappa shape index (κ3) is 5.42. The lowest BCUT2D eigenvalue weighted by atomic mass is 9.95. The van der Waals surface area contributed by atoms with E-state index < -0.39 is 12.0 Å². The van der Waals surface area contributed by atoms with Crippen molar-refractivity contribution in [1.82, 2.24) is 4.57 Å². The predicted molar refractivity (Wildman–Crippen MR) is 150 cm³/mol. The van der Waals surface area contributed by atoms with Crippen LogP contribution in [-0.4, -0.2) is 37.5 Å². The zero-order valence-corrected chi connectivity index (χ0v) is 24.3. The fourth-order valence-electron chi connectivity index (χ4n) is 4.27. The maximum Gasteiger partial charge on any atom is 0.338 e. The quantitative estimate of drug-likeness (QED) is 0.339. The molecule has 3 aromatic rings. The number of methoxy groups -OCH3 is 1. The van der Waals surface area contributed by atoms with Crippen LogP contribution in [0.25, 0.3) is 6.08 Å². The molecule has 8 nitrogen and oxygen atoms in total. The van der Waals surface area contributed by atoms with Gasteiger partial charge in [0.1, 0.15) is 5.75 Å². The summed E-state index contributed by atoms with van der Waals surface area (Å²) in [4.78, 5) is 32.1. The molecule has 0 spiro atoms. The number of fused-ring (bicyclic) bond motifs is 1. The minimum atomic E-state index is -0.746. The maximum atomic E-state index is 13.8. The summed E-state index contributed by atoms with van der Waals surface area (Å²) in [6.45, 7) is 8.48. The van der Waals surface area contributed by atoms with Crippen LogP contribution in [0.3, 0.4) is 0 Å². The summed E-state index contributed by atoms with van der Waals surface area (Å²) in [5.74, 6) is 1.29. The van der Waals surface area contributed by atoms with Crippen molar-refractivity contribution in [2.45, 2.75) is 33.7 Å². The van der Waals surface area contributed by atoms with Crippen molar-refractivity contribution in [3.8, 4) is 17.2 Å². The molecular formula is C28H29BrN2O6S. The Labute approximate surface area is 233 Å². The van der Waals surface area contributed by atoms with Gasteiger partial charge in [0.05, 0.1) is 53.2 Å². The zero-order chi connectivity index (χ0) is 27.4. The molecular weight excluding hydrogens is 572 g/mol. The molecule has 10 heteroatoms. The molecule has 0 unspecified atom stereocenters. The average molecular weight is 602 g/mol. The molecule has 38 heavy (non-hydrogen) atoms. The van der Waals surface area contributed by atoms with Crippen LogP contribution in [-0.2, 0) is 9.53 Å². The van der Waals surface area contributed by atoms with E-state index in [4.69, 9.17) is 18.9 Å². The molecule has 0 N–H and O–H groups in total. The first-order chi connectivity index (χ1) is 18.3. The fraction of sp³-hybridized carbons (Fsp3) is 0.321. The number of halogens is 1. The summed E-state index contributed by atoms with van der Waals surface area (Å²) in [6.07, 6.45) is 1.81. The predicted octanol–water partition coefficient (Wildman–Crippen LogP) is 4.37. The van der Waals surface area contributed by atoms with Crippen LogP contribution in [0.15, 0.2) is 61.9 Å². The highest BCUT2D eigenvalue weighted by atomic mass is 79.9. The van der Waals surface area contributed by atoms with Crippen LogP contribution >= 0.6 is 27.3 Å². The lowest BCUT2D eigenvalue weighted by Crippen LogP contribution is -2.40. The third-order valence-electron chi connectivity index (χ3n) is 5.87. The summed E-state index contributed by atoms with van der Waals surface area (Å²) < 4.78 is 25.0. The summed E-state index contributed by atoms with van der Waals surface area (Å²) >= 11 is 4.80. The molecule has 0 aliphatic carbocycles. The molecule has 2 aromatic carbocycles. The van der Waals surface area contributed by atoms with Gasteiger partial charge < -0.3 is 18.9 Å². The second-order valence-corrected chi connectivity index (χ2v) is 10.1. The van der Waals surface area contributed by atoms with Gasteiger partial charge in [-0.3, -0.25) is 9.36 Å². The second kappa shape index (κ2) is 12.0. The second-order valence-electron chi connectivity index (χ2n) is 8.27. The normalized spacial score (nSPS) is 15.1. The Balaban J connectivity index is 1.92. The number of hydrogen-bond acceptors (Lipinski definition) is 8. The lowest BCUT2D eigenvalue weighted by Gasteiger charge is -2.25. The third-order valence-corrected chi connectivity index (χ3v) is 7.48. The van der Waals surface area contributed by atoms with Gasteiger partial charge in [-0.15, -0.1) is 0 Å². The van der Waals surface area contributed by atoms with E-state index in [1.54, 1.807) is 37.7 Å². The maximum absolute atomic E-state index is 13.8. The number of hydrogen-bond donors (Lipinski definition) is 0. The number of thiazole rings is 1. The first-order valence-corrected chi connectivity index (χ1v) is 13.9. The number of aromatic nitrogens is 1. The monoisotopic (exact) mass is 600 g/mol. The molecule has 200 valence electrons. The van der Waals surface area contributed by atoms with Crippen LogP contribution in [0, 0.1) is 0 Å². The number of benzene rings is 2. The van der Waals surface area contributed by atoms with Gasteiger partial charge in [-0.25, -0.2) is 9.79 Å². The van der Waals surface area contributed by atoms with Crippen molar-refractivity contribution in [2.75, 3.05) is 26.9 Å². The van der Waals surface area contributed by atoms with Crippen molar-refractivity contribution in [3.63, 3.8) is 0 Å². The molecule has 0 saturated carbocycles. The Morgan fingerprint density at radius 2 is 1.76 bits per heavy atom. The van der Waals surface area contributed by atoms with E-state index >= 15 is 0 Å². The van der Waals surface area contributed by atoms with E-state index in [-0.39, 0.29) is 12.2 Å². The first-order valence-electron chi connectivity index (χ1n) is 12.3. The molecule has 1 aromatic heterocycles. The summed E-state index contributed by atoms with van der Waals surface area (Å²) in [5.41, 5.74) is 2.06. The van der Waals surface area contributed by atoms with E-state index in [0.29, 0.717) is 50.9 Å². The Morgan fingerprint density at radius 3 is 2.42 bits per heavy atom. The van der Waals surface area contributed by atoms with Gasteiger partial charge in [-0.05, 0) is 85.1 Å². The number of allylic oxidation sites excluding steroid dienone is 1. The molecule has 1 aliphatic heterocycles. The Bertz CT molecular complexity index is 1570. The van der Waals surface area contributed by atoms with E-state index in [1.165, 1.54) is 11.3 Å². The topological polar surface area (TPSA) is 88.4 Å². The number of rotatable bonds is 9. The highest BCUT2D eigenvalue weighted by molar-refractivity contribution is 9.10. The molecule has 1 aliphatic rings. The minimum absolute atomic E-state index is 0.201. The Hall–Kier alpha value is -3.37. The number of carbonyl (C=O) groups excluding carboxylic acids is 1. The largest absolute Gasteiger partial charge is 0.493 e. The highest BCUT2D eigenvalue weighted by Crippen LogP contribution is 2.36. The van der Waals surface area contributed by atoms with Gasteiger partial charge in [-0.1, -0.05) is 23.5 Å². The van der Waals surface area contributed by atoms with Gasteiger partial charge in [0.2, 0.25) is 0 Å². The van der Waals surface area contributed by atoms with Crippen molar-refractivity contribution >= 4 is 39.3 Å². The van der Waals surface area contributed by atoms with E-state index in [0.717, 1.165) is 15.8 Å². The van der Waals surface area contributed by atoms with Crippen LogP contribution < -0.4 is 29.1 Å². The van der Waals surface area contributed by atoms with Gasteiger partial charge >= 0.3 is 5.97 Å². The summed E-state index contributed by atoms with van der Waals surface area (Å²) in [5, 5.41) is 0.